The largest absolute Gasteiger partial charge is 0.249 e. The van der Waals surface area contributed by atoms with Gasteiger partial charge in [0.2, 0.25) is 0 Å². The fourth-order valence-corrected chi connectivity index (χ4v) is 1.63. The van der Waals surface area contributed by atoms with Crippen LogP contribution in [-0.2, 0) is 19.4 Å². The highest BCUT2D eigenvalue weighted by atomic mass is 15.3. The van der Waals surface area contributed by atoms with E-state index in [1.807, 2.05) is 18.5 Å². The third-order valence-electron chi connectivity index (χ3n) is 2.61. The average Bonchev–Trinajstić information content (AvgIpc) is 2.76. The molecule has 0 saturated heterocycles. The Hall–Kier alpha value is -1.88. The molecule has 0 aromatic carbocycles. The van der Waals surface area contributed by atoms with Gasteiger partial charge in [-0.1, -0.05) is 13.8 Å². The molecule has 1 aromatic rings. The van der Waals surface area contributed by atoms with E-state index >= 15 is 0 Å². The number of nitriles is 2. The third kappa shape index (κ3) is 3.57. The fraction of sp³-hybridized carbons (Fsp3) is 0.667. The van der Waals surface area contributed by atoms with Crippen LogP contribution in [0.3, 0.4) is 0 Å². The number of aryl methyl sites for hydroxylation is 2. The third-order valence-corrected chi connectivity index (χ3v) is 2.61. The Morgan fingerprint density at radius 2 is 2.06 bits per heavy atom. The Bertz CT molecular complexity index is 435. The van der Waals surface area contributed by atoms with Crippen LogP contribution in [0.4, 0.5) is 0 Å². The van der Waals surface area contributed by atoms with Gasteiger partial charge < -0.3 is 0 Å². The van der Waals surface area contributed by atoms with Crippen LogP contribution in [0.15, 0.2) is 0 Å². The summed E-state index contributed by atoms with van der Waals surface area (Å²) in [7, 11) is 0. The van der Waals surface area contributed by atoms with Gasteiger partial charge in [-0.25, -0.2) is 9.67 Å². The molecule has 0 spiro atoms. The van der Waals surface area contributed by atoms with Crippen molar-refractivity contribution in [1.29, 1.82) is 10.5 Å². The van der Waals surface area contributed by atoms with Crippen molar-refractivity contribution in [2.45, 2.75) is 46.1 Å². The monoisotopic (exact) mass is 231 g/mol. The first kappa shape index (κ1) is 13.2. The molecule has 0 fully saturated rings. The second kappa shape index (κ2) is 6.65. The first-order valence-electron chi connectivity index (χ1n) is 5.94. The lowest BCUT2D eigenvalue weighted by molar-refractivity contribution is 0.460. The summed E-state index contributed by atoms with van der Waals surface area (Å²) in [5.74, 6) is 1.57. The molecule has 0 amide bonds. The molecule has 90 valence electrons. The zero-order chi connectivity index (χ0) is 12.7. The van der Waals surface area contributed by atoms with Crippen molar-refractivity contribution in [1.82, 2.24) is 14.8 Å². The molecule has 0 aliphatic rings. The van der Waals surface area contributed by atoms with Gasteiger partial charge in [0.25, 0.3) is 0 Å². The van der Waals surface area contributed by atoms with Crippen LogP contribution < -0.4 is 0 Å². The minimum atomic E-state index is -0.161. The minimum Gasteiger partial charge on any atom is -0.249 e. The van der Waals surface area contributed by atoms with Gasteiger partial charge in [0.05, 0.1) is 24.6 Å². The Kier molecular flexibility index (Phi) is 5.16. The zero-order valence-corrected chi connectivity index (χ0v) is 10.3. The number of aromatic nitrogens is 3. The predicted octanol–water partition coefficient (Wildman–Crippen LogP) is 1.85. The van der Waals surface area contributed by atoms with E-state index in [1.54, 1.807) is 0 Å². The molecule has 1 heterocycles. The van der Waals surface area contributed by atoms with Gasteiger partial charge in [-0.2, -0.15) is 15.6 Å². The Morgan fingerprint density at radius 1 is 1.29 bits per heavy atom. The second-order valence-electron chi connectivity index (χ2n) is 3.86. The Balaban J connectivity index is 2.75. The van der Waals surface area contributed by atoms with E-state index < -0.39 is 0 Å². The highest BCUT2D eigenvalue weighted by Crippen LogP contribution is 2.10. The molecule has 0 aliphatic heterocycles. The summed E-state index contributed by atoms with van der Waals surface area (Å²) in [5.41, 5.74) is 0. The van der Waals surface area contributed by atoms with Crippen LogP contribution in [-0.4, -0.2) is 14.8 Å². The first-order chi connectivity index (χ1) is 8.24. The average molecular weight is 231 g/mol. The number of nitrogens with zero attached hydrogens (tertiary/aromatic N) is 5. The lowest BCUT2D eigenvalue weighted by Crippen LogP contribution is -2.13. The summed E-state index contributed by atoms with van der Waals surface area (Å²) in [5, 5.41) is 21.9. The van der Waals surface area contributed by atoms with Crippen molar-refractivity contribution in [3.8, 4) is 12.1 Å². The van der Waals surface area contributed by atoms with E-state index in [4.69, 9.17) is 10.5 Å². The van der Waals surface area contributed by atoms with Gasteiger partial charge in [0.1, 0.15) is 5.82 Å². The minimum absolute atomic E-state index is 0.161. The molecule has 0 radical (unpaired) electrons. The second-order valence-corrected chi connectivity index (χ2v) is 3.86. The van der Waals surface area contributed by atoms with Gasteiger partial charge in [0, 0.05) is 19.3 Å². The van der Waals surface area contributed by atoms with Gasteiger partial charge >= 0.3 is 0 Å². The first-order valence-corrected chi connectivity index (χ1v) is 5.94. The molecule has 0 aliphatic carbocycles. The molecule has 5 heteroatoms. The van der Waals surface area contributed by atoms with Crippen LogP contribution in [0.25, 0.3) is 0 Å². The van der Waals surface area contributed by atoms with Crippen molar-refractivity contribution >= 4 is 0 Å². The SMILES string of the molecule is CCc1nc(CC)n(C[C@@H](C#N)CCC#N)n1. The van der Waals surface area contributed by atoms with E-state index in [2.05, 4.69) is 22.2 Å². The molecule has 0 unspecified atom stereocenters. The quantitative estimate of drug-likeness (QED) is 0.748. The topological polar surface area (TPSA) is 78.3 Å². The molecule has 1 aromatic heterocycles. The lowest BCUT2D eigenvalue weighted by atomic mass is 10.1. The maximum atomic E-state index is 9.02. The maximum absolute atomic E-state index is 9.02. The summed E-state index contributed by atoms with van der Waals surface area (Å²) in [6.45, 7) is 4.57. The fourth-order valence-electron chi connectivity index (χ4n) is 1.63. The van der Waals surface area contributed by atoms with Crippen LogP contribution in [0.2, 0.25) is 0 Å². The summed E-state index contributed by atoms with van der Waals surface area (Å²) in [6, 6.07) is 4.29. The van der Waals surface area contributed by atoms with Crippen molar-refractivity contribution < 1.29 is 0 Å². The van der Waals surface area contributed by atoms with Gasteiger partial charge in [-0.15, -0.1) is 0 Å². The number of rotatable bonds is 6. The van der Waals surface area contributed by atoms with Gasteiger partial charge in [-0.3, -0.25) is 0 Å². The van der Waals surface area contributed by atoms with Crippen molar-refractivity contribution in [3.05, 3.63) is 11.6 Å². The molecular weight excluding hydrogens is 214 g/mol. The maximum Gasteiger partial charge on any atom is 0.150 e. The van der Waals surface area contributed by atoms with E-state index in [0.717, 1.165) is 24.5 Å². The van der Waals surface area contributed by atoms with Crippen molar-refractivity contribution in [2.75, 3.05) is 0 Å². The van der Waals surface area contributed by atoms with E-state index in [1.165, 1.54) is 0 Å². The molecule has 1 rings (SSSR count). The normalized spacial score (nSPS) is 11.8. The van der Waals surface area contributed by atoms with Crippen LogP contribution in [0.5, 0.6) is 0 Å². The van der Waals surface area contributed by atoms with Gasteiger partial charge in [-0.05, 0) is 6.42 Å². The smallest absolute Gasteiger partial charge is 0.150 e. The van der Waals surface area contributed by atoms with Crippen molar-refractivity contribution in [3.63, 3.8) is 0 Å². The highest BCUT2D eigenvalue weighted by Gasteiger charge is 2.13. The molecule has 1 atom stereocenters. The lowest BCUT2D eigenvalue weighted by Gasteiger charge is -2.08. The molecule has 0 saturated carbocycles. The number of hydrogen-bond acceptors (Lipinski definition) is 4. The molecule has 5 nitrogen and oxygen atoms in total. The molecular formula is C12H17N5. The highest BCUT2D eigenvalue weighted by molar-refractivity contribution is 4.95. The summed E-state index contributed by atoms with van der Waals surface area (Å²) >= 11 is 0. The van der Waals surface area contributed by atoms with Crippen LogP contribution in [0.1, 0.15) is 38.3 Å². The molecule has 0 bridgehead atoms. The Labute approximate surface area is 102 Å². The van der Waals surface area contributed by atoms with Crippen LogP contribution >= 0.6 is 0 Å². The summed E-state index contributed by atoms with van der Waals surface area (Å²) in [6.07, 6.45) is 2.62. The van der Waals surface area contributed by atoms with E-state index in [9.17, 15) is 0 Å². The summed E-state index contributed by atoms with van der Waals surface area (Å²) in [4.78, 5) is 4.39. The van der Waals surface area contributed by atoms with Crippen molar-refractivity contribution in [2.24, 2.45) is 5.92 Å². The van der Waals surface area contributed by atoms with E-state index in [0.29, 0.717) is 19.4 Å². The Morgan fingerprint density at radius 3 is 2.59 bits per heavy atom. The molecule has 0 N–H and O–H groups in total. The van der Waals surface area contributed by atoms with Crippen LogP contribution in [0, 0.1) is 28.6 Å². The predicted molar refractivity (Wildman–Crippen MR) is 62.7 cm³/mol. The van der Waals surface area contributed by atoms with E-state index in [-0.39, 0.29) is 5.92 Å². The van der Waals surface area contributed by atoms with Gasteiger partial charge in [0.15, 0.2) is 5.82 Å². The number of hydrogen-bond donors (Lipinski definition) is 0. The molecule has 17 heavy (non-hydrogen) atoms. The zero-order valence-electron chi connectivity index (χ0n) is 10.3. The summed E-state index contributed by atoms with van der Waals surface area (Å²) < 4.78 is 1.81. The standard InChI is InChI=1S/C12H17N5/c1-3-11-15-12(4-2)17(16-11)9-10(8-14)6-5-7-13/h10H,3-6,9H2,1-2H3/t10-/m1/s1.